The van der Waals surface area contributed by atoms with Gasteiger partial charge in [0.15, 0.2) is 0 Å². The van der Waals surface area contributed by atoms with E-state index in [1.54, 1.807) is 0 Å². The van der Waals surface area contributed by atoms with Crippen LogP contribution in [0.1, 0.15) is 62.8 Å². The van der Waals surface area contributed by atoms with Crippen molar-refractivity contribution < 1.29 is 5.11 Å². The van der Waals surface area contributed by atoms with Crippen LogP contribution in [0.25, 0.3) is 0 Å². The Morgan fingerprint density at radius 3 is 2.29 bits per heavy atom. The van der Waals surface area contributed by atoms with Gasteiger partial charge in [-0.05, 0) is 49.3 Å². The fraction of sp³-hybridized carbons (Fsp3) is 0.667. The molecule has 21 heavy (non-hydrogen) atoms. The van der Waals surface area contributed by atoms with Gasteiger partial charge in [-0.25, -0.2) is 0 Å². The predicted octanol–water partition coefficient (Wildman–Crippen LogP) is 4.26. The number of hydrogen-bond acceptors (Lipinski definition) is 2. The Labute approximate surface area is 132 Å². The molecule has 3 heteroatoms. The molecule has 0 unspecified atom stereocenters. The third-order valence-electron chi connectivity index (χ3n) is 5.23. The van der Waals surface area contributed by atoms with E-state index in [2.05, 4.69) is 17.4 Å². The van der Waals surface area contributed by atoms with E-state index in [1.807, 2.05) is 12.1 Å². The monoisotopic (exact) mass is 307 g/mol. The van der Waals surface area contributed by atoms with E-state index >= 15 is 0 Å². The highest BCUT2D eigenvalue weighted by molar-refractivity contribution is 6.30. The van der Waals surface area contributed by atoms with E-state index in [-0.39, 0.29) is 0 Å². The summed E-state index contributed by atoms with van der Waals surface area (Å²) in [5.74, 6) is 0.656. The highest BCUT2D eigenvalue weighted by Crippen LogP contribution is 2.37. The summed E-state index contributed by atoms with van der Waals surface area (Å²) < 4.78 is 0. The molecule has 2 N–H and O–H groups in total. The smallest absolute Gasteiger partial charge is 0.0771 e. The molecule has 3 rings (SSSR count). The summed E-state index contributed by atoms with van der Waals surface area (Å²) in [5.41, 5.74) is 0.938. The average molecular weight is 308 g/mol. The molecule has 0 saturated heterocycles. The highest BCUT2D eigenvalue weighted by Gasteiger charge is 2.33. The van der Waals surface area contributed by atoms with E-state index in [4.69, 9.17) is 11.6 Å². The Morgan fingerprint density at radius 1 is 1.05 bits per heavy atom. The Kier molecular flexibility index (Phi) is 4.88. The van der Waals surface area contributed by atoms with Crippen LogP contribution in [-0.2, 0) is 0 Å². The molecule has 0 aromatic heterocycles. The molecule has 1 aromatic carbocycles. The minimum Gasteiger partial charge on any atom is -0.389 e. The van der Waals surface area contributed by atoms with Crippen molar-refractivity contribution in [3.8, 4) is 0 Å². The van der Waals surface area contributed by atoms with Crippen LogP contribution in [0.3, 0.4) is 0 Å². The van der Waals surface area contributed by atoms with Gasteiger partial charge < -0.3 is 10.4 Å². The highest BCUT2D eigenvalue weighted by atomic mass is 35.5. The Bertz CT molecular complexity index is 445. The van der Waals surface area contributed by atoms with Gasteiger partial charge in [0, 0.05) is 17.6 Å². The second-order valence-corrected chi connectivity index (χ2v) is 7.37. The molecule has 1 aromatic rings. The number of aliphatic hydroxyl groups is 1. The summed E-state index contributed by atoms with van der Waals surface area (Å²) in [4.78, 5) is 0. The molecular weight excluding hydrogens is 282 g/mol. The quantitative estimate of drug-likeness (QED) is 0.815. The molecule has 2 nitrogen and oxygen atoms in total. The van der Waals surface area contributed by atoms with Gasteiger partial charge in [0.25, 0.3) is 0 Å². The van der Waals surface area contributed by atoms with Gasteiger partial charge in [0.1, 0.15) is 0 Å². The number of hydrogen-bond donors (Lipinski definition) is 2. The first-order valence-corrected chi connectivity index (χ1v) is 8.74. The Morgan fingerprint density at radius 2 is 1.67 bits per heavy atom. The third kappa shape index (κ3) is 4.00. The molecule has 0 aliphatic heterocycles. The standard InChI is InChI=1S/C18H26ClNO/c19-16-7-5-14(6-8-16)15-11-17(12-15)20-13-18(21)9-3-1-2-4-10-18/h5-8,15,17,20-21H,1-4,9-13H2. The van der Waals surface area contributed by atoms with Crippen molar-refractivity contribution in [2.45, 2.75) is 68.9 Å². The van der Waals surface area contributed by atoms with Crippen LogP contribution >= 0.6 is 11.6 Å². The molecule has 0 spiro atoms. The lowest BCUT2D eigenvalue weighted by molar-refractivity contribution is 0.0192. The molecule has 0 radical (unpaired) electrons. The lowest BCUT2D eigenvalue weighted by Crippen LogP contribution is -2.48. The minimum atomic E-state index is -0.456. The van der Waals surface area contributed by atoms with Gasteiger partial charge in [-0.15, -0.1) is 0 Å². The van der Waals surface area contributed by atoms with Crippen molar-refractivity contribution in [2.24, 2.45) is 0 Å². The maximum atomic E-state index is 10.7. The summed E-state index contributed by atoms with van der Waals surface area (Å²) in [6.45, 7) is 0.769. The third-order valence-corrected chi connectivity index (χ3v) is 5.49. The van der Waals surface area contributed by atoms with Gasteiger partial charge in [-0.2, -0.15) is 0 Å². The lowest BCUT2D eigenvalue weighted by atomic mass is 9.75. The minimum absolute atomic E-state index is 0.456. The second kappa shape index (κ2) is 6.68. The largest absolute Gasteiger partial charge is 0.389 e. The van der Waals surface area contributed by atoms with Crippen molar-refractivity contribution in [2.75, 3.05) is 6.54 Å². The first-order chi connectivity index (χ1) is 10.1. The maximum Gasteiger partial charge on any atom is 0.0771 e. The average Bonchev–Trinajstić information content (AvgIpc) is 2.64. The zero-order chi connectivity index (χ0) is 14.7. The SMILES string of the molecule is OC1(CNC2CC(c3ccc(Cl)cc3)C2)CCCCCC1. The molecule has 2 aliphatic carbocycles. The van der Waals surface area contributed by atoms with Crippen molar-refractivity contribution in [1.29, 1.82) is 0 Å². The normalized spacial score (nSPS) is 28.7. The van der Waals surface area contributed by atoms with Gasteiger partial charge in [-0.1, -0.05) is 49.4 Å². The van der Waals surface area contributed by atoms with Crippen molar-refractivity contribution in [3.63, 3.8) is 0 Å². The Hall–Kier alpha value is -0.570. The lowest BCUT2D eigenvalue weighted by Gasteiger charge is -2.39. The van der Waals surface area contributed by atoms with Crippen LogP contribution in [0.5, 0.6) is 0 Å². The predicted molar refractivity (Wildman–Crippen MR) is 87.9 cm³/mol. The van der Waals surface area contributed by atoms with Crippen LogP contribution in [0.15, 0.2) is 24.3 Å². The summed E-state index contributed by atoms with van der Waals surface area (Å²) >= 11 is 5.93. The second-order valence-electron chi connectivity index (χ2n) is 6.94. The fourth-order valence-corrected chi connectivity index (χ4v) is 3.82. The van der Waals surface area contributed by atoms with E-state index in [1.165, 1.54) is 44.1 Å². The summed E-state index contributed by atoms with van der Waals surface area (Å²) in [7, 11) is 0. The number of rotatable bonds is 4. The van der Waals surface area contributed by atoms with Crippen LogP contribution in [0, 0.1) is 0 Å². The zero-order valence-corrected chi connectivity index (χ0v) is 13.4. The van der Waals surface area contributed by atoms with Crippen LogP contribution in [0.4, 0.5) is 0 Å². The summed E-state index contributed by atoms with van der Waals surface area (Å²) in [5, 5.41) is 15.1. The van der Waals surface area contributed by atoms with Crippen molar-refractivity contribution >= 4 is 11.6 Å². The van der Waals surface area contributed by atoms with Crippen LogP contribution < -0.4 is 5.32 Å². The maximum absolute atomic E-state index is 10.7. The van der Waals surface area contributed by atoms with Gasteiger partial charge >= 0.3 is 0 Å². The zero-order valence-electron chi connectivity index (χ0n) is 12.7. The Balaban J connectivity index is 1.43. The topological polar surface area (TPSA) is 32.3 Å². The molecule has 2 aliphatic rings. The van der Waals surface area contributed by atoms with Gasteiger partial charge in [0.05, 0.1) is 5.60 Å². The molecular formula is C18H26ClNO. The summed E-state index contributed by atoms with van der Waals surface area (Å²) in [6, 6.07) is 8.81. The molecule has 2 fully saturated rings. The van der Waals surface area contributed by atoms with E-state index < -0.39 is 5.60 Å². The van der Waals surface area contributed by atoms with E-state index in [0.29, 0.717) is 12.0 Å². The number of halogens is 1. The first kappa shape index (κ1) is 15.3. The van der Waals surface area contributed by atoms with E-state index in [0.717, 1.165) is 24.4 Å². The molecule has 116 valence electrons. The summed E-state index contributed by atoms with van der Waals surface area (Å²) in [6.07, 6.45) is 9.21. The van der Waals surface area contributed by atoms with Crippen molar-refractivity contribution in [3.05, 3.63) is 34.9 Å². The van der Waals surface area contributed by atoms with Crippen LogP contribution in [0.2, 0.25) is 5.02 Å². The van der Waals surface area contributed by atoms with Crippen molar-refractivity contribution in [1.82, 2.24) is 5.32 Å². The van der Waals surface area contributed by atoms with Gasteiger partial charge in [-0.3, -0.25) is 0 Å². The molecule has 2 saturated carbocycles. The molecule has 0 heterocycles. The first-order valence-electron chi connectivity index (χ1n) is 8.36. The molecule has 0 amide bonds. The fourth-order valence-electron chi connectivity index (χ4n) is 3.69. The van der Waals surface area contributed by atoms with Crippen LogP contribution in [-0.4, -0.2) is 23.3 Å². The number of benzene rings is 1. The number of nitrogens with one attached hydrogen (secondary N) is 1. The molecule has 0 atom stereocenters. The van der Waals surface area contributed by atoms with Gasteiger partial charge in [0.2, 0.25) is 0 Å². The molecule has 0 bridgehead atoms. The van der Waals surface area contributed by atoms with E-state index in [9.17, 15) is 5.11 Å².